The summed E-state index contributed by atoms with van der Waals surface area (Å²) in [7, 11) is -3.41. The zero-order valence-electron chi connectivity index (χ0n) is 12.9. The summed E-state index contributed by atoms with van der Waals surface area (Å²) in [6.45, 7) is 1.98. The summed E-state index contributed by atoms with van der Waals surface area (Å²) >= 11 is 0. The molecule has 0 aliphatic heterocycles. The molecule has 0 unspecified atom stereocenters. The Morgan fingerprint density at radius 2 is 1.74 bits per heavy atom. The first-order valence-corrected chi connectivity index (χ1v) is 8.85. The minimum Gasteiger partial charge on any atom is -0.321 e. The van der Waals surface area contributed by atoms with Crippen molar-refractivity contribution in [3.8, 4) is 0 Å². The Balaban J connectivity index is 2.11. The van der Waals surface area contributed by atoms with Crippen molar-refractivity contribution in [2.24, 2.45) is 0 Å². The van der Waals surface area contributed by atoms with Crippen LogP contribution in [-0.2, 0) is 14.8 Å². The van der Waals surface area contributed by atoms with Crippen molar-refractivity contribution < 1.29 is 13.2 Å². The molecule has 0 radical (unpaired) electrons. The third-order valence-corrected chi connectivity index (χ3v) is 3.54. The number of amides is 1. The van der Waals surface area contributed by atoms with E-state index in [2.05, 4.69) is 10.0 Å². The minimum absolute atomic E-state index is 0.326. The van der Waals surface area contributed by atoms with Gasteiger partial charge in [-0.2, -0.15) is 0 Å². The number of anilines is 2. The molecule has 6 heteroatoms. The molecular formula is C17H18N2O3S. The van der Waals surface area contributed by atoms with E-state index in [1.165, 1.54) is 6.08 Å². The van der Waals surface area contributed by atoms with E-state index in [4.69, 9.17) is 0 Å². The van der Waals surface area contributed by atoms with Crippen LogP contribution in [0.5, 0.6) is 0 Å². The van der Waals surface area contributed by atoms with Gasteiger partial charge in [-0.1, -0.05) is 42.0 Å². The highest BCUT2D eigenvalue weighted by Crippen LogP contribution is 2.21. The molecule has 0 heterocycles. The van der Waals surface area contributed by atoms with Gasteiger partial charge >= 0.3 is 0 Å². The summed E-state index contributed by atoms with van der Waals surface area (Å²) in [5.41, 5.74) is 2.75. The monoisotopic (exact) mass is 330 g/mol. The van der Waals surface area contributed by atoms with Crippen LogP contribution in [0.25, 0.3) is 6.08 Å². The molecule has 0 atom stereocenters. The van der Waals surface area contributed by atoms with Crippen molar-refractivity contribution >= 4 is 33.4 Å². The summed E-state index contributed by atoms with van der Waals surface area (Å²) in [6, 6.07) is 14.4. The van der Waals surface area contributed by atoms with E-state index in [-0.39, 0.29) is 5.91 Å². The van der Waals surface area contributed by atoms with E-state index in [0.29, 0.717) is 11.4 Å². The molecule has 2 rings (SSSR count). The van der Waals surface area contributed by atoms with Crippen LogP contribution in [0.2, 0.25) is 0 Å². The van der Waals surface area contributed by atoms with Crippen molar-refractivity contribution in [3.63, 3.8) is 0 Å². The quantitative estimate of drug-likeness (QED) is 0.828. The molecule has 5 nitrogen and oxygen atoms in total. The van der Waals surface area contributed by atoms with E-state index < -0.39 is 10.0 Å². The van der Waals surface area contributed by atoms with Crippen LogP contribution >= 0.6 is 0 Å². The number of aryl methyl sites for hydroxylation is 1. The number of sulfonamides is 1. The van der Waals surface area contributed by atoms with Crippen molar-refractivity contribution in [1.29, 1.82) is 0 Å². The number of hydrogen-bond donors (Lipinski definition) is 2. The molecule has 120 valence electrons. The second kappa shape index (κ2) is 7.11. The van der Waals surface area contributed by atoms with Crippen LogP contribution < -0.4 is 10.0 Å². The van der Waals surface area contributed by atoms with E-state index >= 15 is 0 Å². The Bertz CT molecular complexity index is 842. The Kier molecular flexibility index (Phi) is 5.18. The topological polar surface area (TPSA) is 75.3 Å². The molecule has 0 bridgehead atoms. The number of benzene rings is 2. The van der Waals surface area contributed by atoms with Crippen LogP contribution in [0.3, 0.4) is 0 Å². The van der Waals surface area contributed by atoms with Crippen molar-refractivity contribution in [2.75, 3.05) is 16.3 Å². The van der Waals surface area contributed by atoms with Crippen molar-refractivity contribution in [3.05, 3.63) is 65.7 Å². The molecule has 0 aliphatic carbocycles. The van der Waals surface area contributed by atoms with E-state index in [1.54, 1.807) is 30.3 Å². The van der Waals surface area contributed by atoms with Gasteiger partial charge < -0.3 is 5.32 Å². The molecule has 2 N–H and O–H groups in total. The first-order chi connectivity index (χ1) is 10.8. The van der Waals surface area contributed by atoms with Crippen molar-refractivity contribution in [1.82, 2.24) is 0 Å². The lowest BCUT2D eigenvalue weighted by Crippen LogP contribution is -2.14. The molecule has 0 saturated carbocycles. The molecule has 2 aromatic carbocycles. The average Bonchev–Trinajstić information content (AvgIpc) is 2.46. The van der Waals surface area contributed by atoms with Gasteiger partial charge in [0.05, 0.1) is 17.6 Å². The lowest BCUT2D eigenvalue weighted by Gasteiger charge is -2.10. The third kappa shape index (κ3) is 5.60. The zero-order valence-corrected chi connectivity index (χ0v) is 13.7. The van der Waals surface area contributed by atoms with Crippen molar-refractivity contribution in [2.45, 2.75) is 6.92 Å². The second-order valence-corrected chi connectivity index (χ2v) is 6.90. The van der Waals surface area contributed by atoms with Gasteiger partial charge in [0.25, 0.3) is 0 Å². The van der Waals surface area contributed by atoms with Crippen LogP contribution in [0.15, 0.2) is 54.6 Å². The van der Waals surface area contributed by atoms with Gasteiger partial charge in [-0.15, -0.1) is 0 Å². The third-order valence-electron chi connectivity index (χ3n) is 2.95. The van der Waals surface area contributed by atoms with E-state index in [9.17, 15) is 13.2 Å². The first-order valence-electron chi connectivity index (χ1n) is 6.96. The first kappa shape index (κ1) is 16.8. The highest BCUT2D eigenvalue weighted by atomic mass is 32.2. The average molecular weight is 330 g/mol. The van der Waals surface area contributed by atoms with Crippen LogP contribution in [0, 0.1) is 6.92 Å². The number of para-hydroxylation sites is 2. The molecule has 1 amide bonds. The van der Waals surface area contributed by atoms with Crippen LogP contribution in [0.4, 0.5) is 11.4 Å². The van der Waals surface area contributed by atoms with Crippen LogP contribution in [0.1, 0.15) is 11.1 Å². The SMILES string of the molecule is Cc1cccc(/C=C/C(=O)Nc2ccccc2NS(C)(=O)=O)c1. The highest BCUT2D eigenvalue weighted by molar-refractivity contribution is 7.92. The Hall–Kier alpha value is -2.60. The Morgan fingerprint density at radius 3 is 2.39 bits per heavy atom. The van der Waals surface area contributed by atoms with Gasteiger partial charge in [-0.3, -0.25) is 9.52 Å². The zero-order chi connectivity index (χ0) is 16.9. The molecule has 0 aromatic heterocycles. The number of carbonyl (C=O) groups is 1. The normalized spacial score (nSPS) is 11.4. The van der Waals surface area contributed by atoms with Crippen LogP contribution in [-0.4, -0.2) is 20.6 Å². The Morgan fingerprint density at radius 1 is 1.04 bits per heavy atom. The summed E-state index contributed by atoms with van der Waals surface area (Å²) in [4.78, 5) is 12.0. The summed E-state index contributed by atoms with van der Waals surface area (Å²) < 4.78 is 25.1. The predicted octanol–water partition coefficient (Wildman–Crippen LogP) is 3.02. The molecule has 0 fully saturated rings. The number of rotatable bonds is 5. The molecule has 23 heavy (non-hydrogen) atoms. The van der Waals surface area contributed by atoms with Gasteiger partial charge in [0.2, 0.25) is 15.9 Å². The minimum atomic E-state index is -3.41. The second-order valence-electron chi connectivity index (χ2n) is 5.16. The molecule has 0 saturated heterocycles. The smallest absolute Gasteiger partial charge is 0.248 e. The maximum absolute atomic E-state index is 12.0. The van der Waals surface area contributed by atoms with Gasteiger partial charge in [0.1, 0.15) is 0 Å². The highest BCUT2D eigenvalue weighted by Gasteiger charge is 2.08. The number of carbonyl (C=O) groups excluding carboxylic acids is 1. The van der Waals surface area contributed by atoms with E-state index in [1.807, 2.05) is 31.2 Å². The standard InChI is InChI=1S/C17H18N2O3S/c1-13-6-5-7-14(12-13)10-11-17(20)18-15-8-3-4-9-16(15)19-23(2,21)22/h3-12,19H,1-2H3,(H,18,20)/b11-10+. The summed E-state index contributed by atoms with van der Waals surface area (Å²) in [6.07, 6.45) is 4.17. The molecular weight excluding hydrogens is 312 g/mol. The largest absolute Gasteiger partial charge is 0.321 e. The predicted molar refractivity (Wildman–Crippen MR) is 93.8 cm³/mol. The molecule has 0 spiro atoms. The van der Waals surface area contributed by atoms with E-state index in [0.717, 1.165) is 17.4 Å². The maximum atomic E-state index is 12.0. The Labute approximate surface area is 136 Å². The van der Waals surface area contributed by atoms with Gasteiger partial charge in [-0.05, 0) is 30.7 Å². The van der Waals surface area contributed by atoms with Gasteiger partial charge in [0, 0.05) is 6.08 Å². The summed E-state index contributed by atoms with van der Waals surface area (Å²) in [5, 5.41) is 2.67. The molecule has 2 aromatic rings. The fourth-order valence-electron chi connectivity index (χ4n) is 2.00. The fraction of sp³-hybridized carbons (Fsp3) is 0.118. The number of hydrogen-bond acceptors (Lipinski definition) is 3. The lowest BCUT2D eigenvalue weighted by molar-refractivity contribution is -0.111. The molecule has 0 aliphatic rings. The fourth-order valence-corrected chi connectivity index (χ4v) is 2.58. The number of nitrogens with one attached hydrogen (secondary N) is 2. The van der Waals surface area contributed by atoms with Gasteiger partial charge in [0.15, 0.2) is 0 Å². The van der Waals surface area contributed by atoms with Gasteiger partial charge in [-0.25, -0.2) is 8.42 Å². The lowest BCUT2D eigenvalue weighted by atomic mass is 10.1. The maximum Gasteiger partial charge on any atom is 0.248 e. The summed E-state index contributed by atoms with van der Waals surface area (Å²) in [5.74, 6) is -0.339.